The molecule has 4 nitrogen and oxygen atoms in total. The normalized spacial score (nSPS) is 11.4. The first kappa shape index (κ1) is 14.0. The zero-order valence-corrected chi connectivity index (χ0v) is 10.2. The summed E-state index contributed by atoms with van der Waals surface area (Å²) in [5.74, 6) is -1.73. The standard InChI is InChI=1S/C13H9F3O4/c1-7-5-10(19-11(7)12(17)18)8-3-2-4-9(6-8)20-13(14,15)16/h2-6H,1H3,(H,17,18). The van der Waals surface area contributed by atoms with Crippen LogP contribution in [0.1, 0.15) is 16.1 Å². The molecule has 2 rings (SSSR count). The second-order valence-electron chi connectivity index (χ2n) is 4.00. The van der Waals surface area contributed by atoms with Gasteiger partial charge in [-0.05, 0) is 25.1 Å². The number of rotatable bonds is 3. The zero-order valence-electron chi connectivity index (χ0n) is 10.2. The summed E-state index contributed by atoms with van der Waals surface area (Å²) in [4.78, 5) is 10.9. The number of aryl methyl sites for hydroxylation is 1. The third-order valence-corrected chi connectivity index (χ3v) is 2.46. The molecule has 2 aromatic rings. The van der Waals surface area contributed by atoms with Gasteiger partial charge in [0, 0.05) is 11.1 Å². The summed E-state index contributed by atoms with van der Waals surface area (Å²) in [6, 6.07) is 6.56. The number of carboxylic acids is 1. The maximum absolute atomic E-state index is 12.1. The average Bonchev–Trinajstić information content (AvgIpc) is 2.69. The summed E-state index contributed by atoms with van der Waals surface area (Å²) in [5, 5.41) is 8.87. The summed E-state index contributed by atoms with van der Waals surface area (Å²) >= 11 is 0. The molecular formula is C13H9F3O4. The van der Waals surface area contributed by atoms with Crippen molar-refractivity contribution in [2.24, 2.45) is 0 Å². The van der Waals surface area contributed by atoms with Crippen molar-refractivity contribution in [1.29, 1.82) is 0 Å². The SMILES string of the molecule is Cc1cc(-c2cccc(OC(F)(F)F)c2)oc1C(=O)O. The molecule has 7 heteroatoms. The van der Waals surface area contributed by atoms with Gasteiger partial charge in [-0.2, -0.15) is 0 Å². The van der Waals surface area contributed by atoms with Crippen molar-refractivity contribution in [3.05, 3.63) is 41.7 Å². The monoisotopic (exact) mass is 286 g/mol. The molecule has 0 amide bonds. The Bertz CT molecular complexity index is 643. The van der Waals surface area contributed by atoms with Crippen molar-refractivity contribution in [3.8, 4) is 17.1 Å². The third-order valence-electron chi connectivity index (χ3n) is 2.46. The quantitative estimate of drug-likeness (QED) is 0.931. The van der Waals surface area contributed by atoms with Crippen molar-refractivity contribution >= 4 is 5.97 Å². The van der Waals surface area contributed by atoms with Crippen molar-refractivity contribution < 1.29 is 32.2 Å². The number of carboxylic acid groups (broad SMARTS) is 1. The molecule has 1 aromatic carbocycles. The lowest BCUT2D eigenvalue weighted by Gasteiger charge is -2.09. The smallest absolute Gasteiger partial charge is 0.475 e. The molecule has 0 aliphatic rings. The van der Waals surface area contributed by atoms with E-state index in [4.69, 9.17) is 9.52 Å². The molecular weight excluding hydrogens is 277 g/mol. The first-order valence-corrected chi connectivity index (χ1v) is 5.46. The molecule has 106 valence electrons. The second kappa shape index (κ2) is 4.92. The van der Waals surface area contributed by atoms with E-state index in [1.807, 2.05) is 0 Å². The maximum Gasteiger partial charge on any atom is 0.573 e. The number of hydrogen-bond acceptors (Lipinski definition) is 3. The van der Waals surface area contributed by atoms with Crippen LogP contribution in [0.3, 0.4) is 0 Å². The molecule has 0 unspecified atom stereocenters. The van der Waals surface area contributed by atoms with Crippen LogP contribution in [0.5, 0.6) is 5.75 Å². The van der Waals surface area contributed by atoms with E-state index in [1.54, 1.807) is 0 Å². The van der Waals surface area contributed by atoms with Gasteiger partial charge in [-0.25, -0.2) is 4.79 Å². The fraction of sp³-hybridized carbons (Fsp3) is 0.154. The van der Waals surface area contributed by atoms with Gasteiger partial charge in [0.2, 0.25) is 5.76 Å². The van der Waals surface area contributed by atoms with E-state index in [0.29, 0.717) is 11.1 Å². The Morgan fingerprint density at radius 3 is 2.55 bits per heavy atom. The van der Waals surface area contributed by atoms with E-state index in [9.17, 15) is 18.0 Å². The topological polar surface area (TPSA) is 59.7 Å². The molecule has 0 atom stereocenters. The molecule has 0 radical (unpaired) electrons. The lowest BCUT2D eigenvalue weighted by atomic mass is 10.1. The highest BCUT2D eigenvalue weighted by Gasteiger charge is 2.31. The van der Waals surface area contributed by atoms with E-state index in [2.05, 4.69) is 4.74 Å². The molecule has 20 heavy (non-hydrogen) atoms. The first-order valence-electron chi connectivity index (χ1n) is 5.46. The number of benzene rings is 1. The van der Waals surface area contributed by atoms with Crippen molar-refractivity contribution in [1.82, 2.24) is 0 Å². The lowest BCUT2D eigenvalue weighted by Crippen LogP contribution is -2.17. The van der Waals surface area contributed by atoms with Gasteiger partial charge in [0.15, 0.2) is 0 Å². The Morgan fingerprint density at radius 1 is 1.30 bits per heavy atom. The number of furan rings is 1. The number of hydrogen-bond donors (Lipinski definition) is 1. The van der Waals surface area contributed by atoms with Gasteiger partial charge in [-0.3, -0.25) is 0 Å². The Hall–Kier alpha value is -2.44. The van der Waals surface area contributed by atoms with Crippen LogP contribution in [0.15, 0.2) is 34.7 Å². The van der Waals surface area contributed by atoms with Gasteiger partial charge in [0.25, 0.3) is 0 Å². The van der Waals surface area contributed by atoms with Crippen LogP contribution in [0.4, 0.5) is 13.2 Å². The minimum atomic E-state index is -4.79. The Labute approximate surface area is 111 Å². The van der Waals surface area contributed by atoms with Crippen LogP contribution in [0.25, 0.3) is 11.3 Å². The van der Waals surface area contributed by atoms with Gasteiger partial charge < -0.3 is 14.3 Å². The molecule has 1 N–H and O–H groups in total. The first-order chi connectivity index (χ1) is 9.26. The lowest BCUT2D eigenvalue weighted by molar-refractivity contribution is -0.274. The van der Waals surface area contributed by atoms with Gasteiger partial charge in [0.05, 0.1) is 0 Å². The molecule has 0 bridgehead atoms. The van der Waals surface area contributed by atoms with Gasteiger partial charge in [0.1, 0.15) is 11.5 Å². The number of halogens is 3. The molecule has 1 heterocycles. The number of alkyl halides is 3. The summed E-state index contributed by atoms with van der Waals surface area (Å²) in [5.41, 5.74) is 0.678. The van der Waals surface area contributed by atoms with Crippen molar-refractivity contribution in [2.75, 3.05) is 0 Å². The van der Waals surface area contributed by atoms with Gasteiger partial charge in [-0.1, -0.05) is 12.1 Å². The van der Waals surface area contributed by atoms with E-state index in [1.165, 1.54) is 25.1 Å². The van der Waals surface area contributed by atoms with E-state index >= 15 is 0 Å². The number of aromatic carboxylic acids is 1. The van der Waals surface area contributed by atoms with Crippen LogP contribution >= 0.6 is 0 Å². The van der Waals surface area contributed by atoms with E-state index in [0.717, 1.165) is 12.1 Å². The van der Waals surface area contributed by atoms with Gasteiger partial charge >= 0.3 is 12.3 Å². The second-order valence-corrected chi connectivity index (χ2v) is 4.00. The summed E-state index contributed by atoms with van der Waals surface area (Å²) < 4.78 is 45.3. The van der Waals surface area contributed by atoms with Crippen molar-refractivity contribution in [3.63, 3.8) is 0 Å². The Balaban J connectivity index is 2.36. The predicted octanol–water partition coefficient (Wildman–Crippen LogP) is 3.85. The largest absolute Gasteiger partial charge is 0.573 e. The maximum atomic E-state index is 12.1. The molecule has 0 aliphatic carbocycles. The summed E-state index contributed by atoms with van der Waals surface area (Å²) in [7, 11) is 0. The van der Waals surface area contributed by atoms with Gasteiger partial charge in [-0.15, -0.1) is 13.2 Å². The average molecular weight is 286 g/mol. The van der Waals surface area contributed by atoms with Crippen LogP contribution in [0.2, 0.25) is 0 Å². The predicted molar refractivity (Wildman–Crippen MR) is 62.5 cm³/mol. The molecule has 0 spiro atoms. The summed E-state index contributed by atoms with van der Waals surface area (Å²) in [6.07, 6.45) is -4.79. The minimum absolute atomic E-state index is 0.160. The highest BCUT2D eigenvalue weighted by Crippen LogP contribution is 2.30. The number of carbonyl (C=O) groups is 1. The molecule has 0 fully saturated rings. The summed E-state index contributed by atoms with van der Waals surface area (Å²) in [6.45, 7) is 1.53. The third kappa shape index (κ3) is 3.11. The fourth-order valence-corrected chi connectivity index (χ4v) is 1.68. The Kier molecular flexibility index (Phi) is 3.44. The van der Waals surface area contributed by atoms with Crippen LogP contribution < -0.4 is 4.74 Å². The zero-order chi connectivity index (χ0) is 14.9. The number of ether oxygens (including phenoxy) is 1. The molecule has 0 saturated heterocycles. The van der Waals surface area contributed by atoms with Crippen LogP contribution in [-0.2, 0) is 0 Å². The van der Waals surface area contributed by atoms with Crippen molar-refractivity contribution in [2.45, 2.75) is 13.3 Å². The van der Waals surface area contributed by atoms with Crippen LogP contribution in [0, 0.1) is 6.92 Å². The molecule has 0 saturated carbocycles. The fourth-order valence-electron chi connectivity index (χ4n) is 1.68. The van der Waals surface area contributed by atoms with E-state index in [-0.39, 0.29) is 11.5 Å². The minimum Gasteiger partial charge on any atom is -0.475 e. The Morgan fingerprint density at radius 2 is 2.00 bits per heavy atom. The van der Waals surface area contributed by atoms with Crippen LogP contribution in [-0.4, -0.2) is 17.4 Å². The van der Waals surface area contributed by atoms with E-state index < -0.39 is 18.1 Å². The highest BCUT2D eigenvalue weighted by molar-refractivity contribution is 5.87. The highest BCUT2D eigenvalue weighted by atomic mass is 19.4. The molecule has 0 aliphatic heterocycles. The molecule has 1 aromatic heterocycles.